The SMILES string of the molecule is CCOc1c(C)c(C)c(O)c(C)c1CN(CCOc1cc(C)c(O)cc1C(C)C)C(C)C.Cl. The van der Waals surface area contributed by atoms with Gasteiger partial charge in [0.15, 0.2) is 0 Å². The average Bonchev–Trinajstić information content (AvgIpc) is 2.73. The number of aryl methyl sites for hydroxylation is 1. The van der Waals surface area contributed by atoms with Gasteiger partial charge in [-0.05, 0) is 88.8 Å². The van der Waals surface area contributed by atoms with Crippen molar-refractivity contribution in [1.29, 1.82) is 0 Å². The number of hydrogen-bond donors (Lipinski definition) is 2. The summed E-state index contributed by atoms with van der Waals surface area (Å²) in [7, 11) is 0. The van der Waals surface area contributed by atoms with E-state index in [0.717, 1.165) is 51.4 Å². The Hall–Kier alpha value is -2.11. The van der Waals surface area contributed by atoms with E-state index in [1.807, 2.05) is 46.8 Å². The van der Waals surface area contributed by atoms with Crippen LogP contribution in [0.1, 0.15) is 73.9 Å². The van der Waals surface area contributed by atoms with E-state index in [0.29, 0.717) is 37.3 Å². The van der Waals surface area contributed by atoms with Crippen LogP contribution in [-0.2, 0) is 6.54 Å². The van der Waals surface area contributed by atoms with Crippen molar-refractivity contribution in [2.24, 2.45) is 0 Å². The van der Waals surface area contributed by atoms with Gasteiger partial charge in [0.1, 0.15) is 29.6 Å². The van der Waals surface area contributed by atoms with Crippen LogP contribution in [0.2, 0.25) is 0 Å². The van der Waals surface area contributed by atoms with Crippen LogP contribution in [0, 0.1) is 27.7 Å². The highest BCUT2D eigenvalue weighted by Crippen LogP contribution is 2.38. The summed E-state index contributed by atoms with van der Waals surface area (Å²) in [5.74, 6) is 2.62. The molecule has 0 atom stereocenters. The number of nitrogens with zero attached hydrogens (tertiary/aromatic N) is 1. The summed E-state index contributed by atoms with van der Waals surface area (Å²) in [5, 5.41) is 20.7. The van der Waals surface area contributed by atoms with Crippen molar-refractivity contribution in [3.8, 4) is 23.0 Å². The van der Waals surface area contributed by atoms with E-state index < -0.39 is 0 Å². The summed E-state index contributed by atoms with van der Waals surface area (Å²) in [4.78, 5) is 2.33. The van der Waals surface area contributed by atoms with Crippen molar-refractivity contribution in [3.05, 3.63) is 45.5 Å². The molecule has 0 fully saturated rings. The van der Waals surface area contributed by atoms with Crippen LogP contribution in [0.15, 0.2) is 12.1 Å². The third kappa shape index (κ3) is 6.70. The van der Waals surface area contributed by atoms with Crippen molar-refractivity contribution < 1.29 is 19.7 Å². The lowest BCUT2D eigenvalue weighted by Gasteiger charge is -2.29. The normalized spacial score (nSPS) is 11.3. The van der Waals surface area contributed by atoms with E-state index in [9.17, 15) is 10.2 Å². The molecule has 2 rings (SSSR count). The van der Waals surface area contributed by atoms with E-state index in [1.54, 1.807) is 0 Å². The maximum Gasteiger partial charge on any atom is 0.127 e. The van der Waals surface area contributed by atoms with Gasteiger partial charge in [-0.1, -0.05) is 13.8 Å². The summed E-state index contributed by atoms with van der Waals surface area (Å²) in [6.45, 7) is 20.8. The van der Waals surface area contributed by atoms with E-state index in [1.165, 1.54) is 0 Å². The minimum Gasteiger partial charge on any atom is -0.508 e. The van der Waals surface area contributed by atoms with Gasteiger partial charge in [0.05, 0.1) is 6.61 Å². The van der Waals surface area contributed by atoms with Gasteiger partial charge in [-0.3, -0.25) is 4.90 Å². The lowest BCUT2D eigenvalue weighted by Crippen LogP contribution is -2.34. The first-order chi connectivity index (χ1) is 15.0. The Labute approximate surface area is 206 Å². The first-order valence-corrected chi connectivity index (χ1v) is 11.6. The van der Waals surface area contributed by atoms with Crippen molar-refractivity contribution in [3.63, 3.8) is 0 Å². The van der Waals surface area contributed by atoms with Gasteiger partial charge in [-0.25, -0.2) is 0 Å². The summed E-state index contributed by atoms with van der Waals surface area (Å²) < 4.78 is 12.2. The minimum atomic E-state index is 0. The number of benzene rings is 2. The second-order valence-corrected chi connectivity index (χ2v) is 9.21. The Kier molecular flexibility index (Phi) is 10.9. The molecule has 0 saturated carbocycles. The Morgan fingerprint density at radius 1 is 0.909 bits per heavy atom. The van der Waals surface area contributed by atoms with Crippen molar-refractivity contribution in [1.82, 2.24) is 4.90 Å². The van der Waals surface area contributed by atoms with Crippen LogP contribution in [0.4, 0.5) is 0 Å². The number of hydrogen-bond acceptors (Lipinski definition) is 5. The lowest BCUT2D eigenvalue weighted by molar-refractivity contribution is 0.165. The molecule has 5 nitrogen and oxygen atoms in total. The van der Waals surface area contributed by atoms with Crippen LogP contribution >= 0.6 is 12.4 Å². The number of phenolic OH excluding ortho intramolecular Hbond substituents is 2. The molecular weight excluding hydrogens is 438 g/mol. The van der Waals surface area contributed by atoms with Crippen LogP contribution in [0.3, 0.4) is 0 Å². The van der Waals surface area contributed by atoms with Gasteiger partial charge < -0.3 is 19.7 Å². The molecule has 6 heteroatoms. The molecule has 33 heavy (non-hydrogen) atoms. The largest absolute Gasteiger partial charge is 0.508 e. The first kappa shape index (κ1) is 28.9. The molecule has 0 saturated heterocycles. The molecule has 0 aliphatic carbocycles. The standard InChI is InChI=1S/C27H41NO4.ClH/c1-10-31-27-20(8)19(7)26(30)21(9)23(27)15-28(17(4)5)11-12-32-25-13-18(6)24(29)14-22(25)16(2)3;/h13-14,16-17,29-30H,10-12,15H2,1-9H3;1H. The average molecular weight is 480 g/mol. The molecule has 0 radical (unpaired) electrons. The van der Waals surface area contributed by atoms with E-state index in [2.05, 4.69) is 32.6 Å². The number of ether oxygens (including phenoxy) is 2. The van der Waals surface area contributed by atoms with Crippen molar-refractivity contribution >= 4 is 12.4 Å². The quantitative estimate of drug-likeness (QED) is 0.403. The molecular formula is C27H42ClNO4. The van der Waals surface area contributed by atoms with Gasteiger partial charge in [0, 0.05) is 30.3 Å². The number of halogens is 1. The highest BCUT2D eigenvalue weighted by atomic mass is 35.5. The minimum absolute atomic E-state index is 0. The molecule has 0 heterocycles. The highest BCUT2D eigenvalue weighted by molar-refractivity contribution is 5.85. The second kappa shape index (κ2) is 12.4. The Balaban J connectivity index is 0.00000544. The molecule has 0 amide bonds. The van der Waals surface area contributed by atoms with Gasteiger partial charge >= 0.3 is 0 Å². The molecule has 186 valence electrons. The van der Waals surface area contributed by atoms with Gasteiger partial charge in [-0.15, -0.1) is 12.4 Å². The van der Waals surface area contributed by atoms with Crippen LogP contribution in [-0.4, -0.2) is 40.9 Å². The monoisotopic (exact) mass is 479 g/mol. The Bertz CT molecular complexity index is 941. The van der Waals surface area contributed by atoms with E-state index in [-0.39, 0.29) is 18.3 Å². The molecule has 0 bridgehead atoms. The Morgan fingerprint density at radius 2 is 1.55 bits per heavy atom. The fourth-order valence-corrected chi connectivity index (χ4v) is 3.96. The second-order valence-electron chi connectivity index (χ2n) is 9.21. The van der Waals surface area contributed by atoms with Crippen molar-refractivity contribution in [2.45, 2.75) is 80.8 Å². The van der Waals surface area contributed by atoms with Crippen LogP contribution in [0.5, 0.6) is 23.0 Å². The van der Waals surface area contributed by atoms with Gasteiger partial charge in [0.2, 0.25) is 0 Å². The number of rotatable bonds is 10. The zero-order valence-electron chi connectivity index (χ0n) is 21.7. The molecule has 0 aliphatic heterocycles. The maximum absolute atomic E-state index is 10.6. The molecule has 2 N–H and O–H groups in total. The fourth-order valence-electron chi connectivity index (χ4n) is 3.96. The maximum atomic E-state index is 10.6. The van der Waals surface area contributed by atoms with Gasteiger partial charge in [0.25, 0.3) is 0 Å². The molecule has 0 aliphatic rings. The molecule has 0 unspecified atom stereocenters. The van der Waals surface area contributed by atoms with Crippen LogP contribution < -0.4 is 9.47 Å². The topological polar surface area (TPSA) is 62.2 Å². The third-order valence-corrected chi connectivity index (χ3v) is 6.31. The van der Waals surface area contributed by atoms with E-state index in [4.69, 9.17) is 9.47 Å². The van der Waals surface area contributed by atoms with Gasteiger partial charge in [-0.2, -0.15) is 0 Å². The summed E-state index contributed by atoms with van der Waals surface area (Å²) >= 11 is 0. The Morgan fingerprint density at radius 3 is 2.09 bits per heavy atom. The summed E-state index contributed by atoms with van der Waals surface area (Å²) in [5.41, 5.74) is 5.60. The highest BCUT2D eigenvalue weighted by Gasteiger charge is 2.22. The first-order valence-electron chi connectivity index (χ1n) is 11.6. The summed E-state index contributed by atoms with van der Waals surface area (Å²) in [6.07, 6.45) is 0. The predicted molar refractivity (Wildman–Crippen MR) is 139 cm³/mol. The number of phenols is 2. The molecule has 2 aromatic carbocycles. The lowest BCUT2D eigenvalue weighted by atomic mass is 9.96. The zero-order chi connectivity index (χ0) is 24.2. The van der Waals surface area contributed by atoms with E-state index >= 15 is 0 Å². The number of aromatic hydroxyl groups is 2. The van der Waals surface area contributed by atoms with Crippen molar-refractivity contribution in [2.75, 3.05) is 19.8 Å². The fraction of sp³-hybridized carbons (Fsp3) is 0.556. The molecule has 0 aromatic heterocycles. The predicted octanol–water partition coefficient (Wildman–Crippen LogP) is 6.56. The summed E-state index contributed by atoms with van der Waals surface area (Å²) in [6, 6.07) is 4.02. The molecule has 2 aromatic rings. The smallest absolute Gasteiger partial charge is 0.127 e. The third-order valence-electron chi connectivity index (χ3n) is 6.31. The molecule has 0 spiro atoms. The zero-order valence-corrected chi connectivity index (χ0v) is 22.5. The van der Waals surface area contributed by atoms with Crippen LogP contribution in [0.25, 0.3) is 0 Å².